The third-order valence-electron chi connectivity index (χ3n) is 2.17. The van der Waals surface area contributed by atoms with Gasteiger partial charge in [-0.25, -0.2) is 0 Å². The quantitative estimate of drug-likeness (QED) is 0.463. The lowest BCUT2D eigenvalue weighted by Crippen LogP contribution is -2.41. The standard InChI is InChI=1S/C9H17N3O3/c10-8(13)6-15-5-4-12-9(14)7-2-1-3-11-7/h7,11H,1-6H2,(H2,10,13)(H,12,14)/t7-/m1/s1. The van der Waals surface area contributed by atoms with Gasteiger partial charge in [0.1, 0.15) is 6.61 Å². The molecule has 1 aliphatic rings. The van der Waals surface area contributed by atoms with Crippen molar-refractivity contribution in [1.82, 2.24) is 10.6 Å². The van der Waals surface area contributed by atoms with Gasteiger partial charge in [-0.05, 0) is 19.4 Å². The van der Waals surface area contributed by atoms with Crippen LogP contribution < -0.4 is 16.4 Å². The van der Waals surface area contributed by atoms with Crippen molar-refractivity contribution in [1.29, 1.82) is 0 Å². The summed E-state index contributed by atoms with van der Waals surface area (Å²) in [6, 6.07) is -0.0684. The van der Waals surface area contributed by atoms with Gasteiger partial charge >= 0.3 is 0 Å². The molecule has 4 N–H and O–H groups in total. The molecule has 1 atom stereocenters. The molecule has 1 saturated heterocycles. The smallest absolute Gasteiger partial charge is 0.243 e. The molecule has 0 radical (unpaired) electrons. The molecule has 0 bridgehead atoms. The van der Waals surface area contributed by atoms with Gasteiger partial charge in [-0.1, -0.05) is 0 Å². The van der Waals surface area contributed by atoms with Crippen LogP contribution in [0.4, 0.5) is 0 Å². The Labute approximate surface area is 88.5 Å². The second-order valence-corrected chi connectivity index (χ2v) is 3.46. The van der Waals surface area contributed by atoms with Gasteiger partial charge in [0.05, 0.1) is 12.6 Å². The molecule has 2 amide bonds. The highest BCUT2D eigenvalue weighted by atomic mass is 16.5. The molecule has 1 fully saturated rings. The number of hydrogen-bond donors (Lipinski definition) is 3. The monoisotopic (exact) mass is 215 g/mol. The summed E-state index contributed by atoms with van der Waals surface area (Å²) in [6.07, 6.45) is 1.92. The maximum atomic E-state index is 11.4. The fourth-order valence-electron chi connectivity index (χ4n) is 1.45. The van der Waals surface area contributed by atoms with Crippen LogP contribution in [0.3, 0.4) is 0 Å². The Kier molecular flexibility index (Phi) is 5.06. The van der Waals surface area contributed by atoms with E-state index in [-0.39, 0.29) is 18.6 Å². The zero-order chi connectivity index (χ0) is 11.1. The summed E-state index contributed by atoms with van der Waals surface area (Å²) in [5.74, 6) is -0.506. The molecule has 6 heteroatoms. The van der Waals surface area contributed by atoms with E-state index in [0.29, 0.717) is 13.2 Å². The van der Waals surface area contributed by atoms with Crippen LogP contribution in [0.2, 0.25) is 0 Å². The summed E-state index contributed by atoms with van der Waals surface area (Å²) < 4.78 is 4.90. The minimum absolute atomic E-state index is 0.00447. The minimum atomic E-state index is -0.501. The molecular formula is C9H17N3O3. The van der Waals surface area contributed by atoms with Gasteiger partial charge in [0.2, 0.25) is 11.8 Å². The first-order valence-electron chi connectivity index (χ1n) is 5.07. The molecule has 1 aliphatic heterocycles. The number of ether oxygens (including phenoxy) is 1. The summed E-state index contributed by atoms with van der Waals surface area (Å²) in [5, 5.41) is 5.81. The van der Waals surface area contributed by atoms with Crippen LogP contribution >= 0.6 is 0 Å². The number of amides is 2. The largest absolute Gasteiger partial charge is 0.370 e. The summed E-state index contributed by atoms with van der Waals surface area (Å²) in [6.45, 7) is 1.51. The molecule has 0 aromatic rings. The summed E-state index contributed by atoms with van der Waals surface area (Å²) in [7, 11) is 0. The SMILES string of the molecule is NC(=O)COCCNC(=O)[C@H]1CCCN1. The predicted molar refractivity (Wildman–Crippen MR) is 54.0 cm³/mol. The average Bonchev–Trinajstić information content (AvgIpc) is 2.69. The van der Waals surface area contributed by atoms with Gasteiger partial charge in [-0.2, -0.15) is 0 Å². The van der Waals surface area contributed by atoms with E-state index in [1.165, 1.54) is 0 Å². The van der Waals surface area contributed by atoms with Crippen molar-refractivity contribution in [2.45, 2.75) is 18.9 Å². The second-order valence-electron chi connectivity index (χ2n) is 3.46. The molecule has 0 aromatic heterocycles. The Morgan fingerprint density at radius 2 is 2.33 bits per heavy atom. The molecule has 0 aliphatic carbocycles. The van der Waals surface area contributed by atoms with Crippen LogP contribution in [0.25, 0.3) is 0 Å². The lowest BCUT2D eigenvalue weighted by Gasteiger charge is -2.10. The Hall–Kier alpha value is -1.14. The minimum Gasteiger partial charge on any atom is -0.370 e. The number of primary amides is 1. The van der Waals surface area contributed by atoms with Gasteiger partial charge in [-0.3, -0.25) is 9.59 Å². The number of carbonyl (C=O) groups is 2. The van der Waals surface area contributed by atoms with Crippen LogP contribution in [-0.4, -0.2) is 44.2 Å². The van der Waals surface area contributed by atoms with E-state index in [9.17, 15) is 9.59 Å². The zero-order valence-electron chi connectivity index (χ0n) is 8.62. The maximum Gasteiger partial charge on any atom is 0.243 e. The van der Waals surface area contributed by atoms with Gasteiger partial charge < -0.3 is 21.1 Å². The normalized spacial score (nSPS) is 20.1. The van der Waals surface area contributed by atoms with Crippen LogP contribution in [0, 0.1) is 0 Å². The highest BCUT2D eigenvalue weighted by Crippen LogP contribution is 2.03. The van der Waals surface area contributed by atoms with Gasteiger partial charge in [0.25, 0.3) is 0 Å². The highest BCUT2D eigenvalue weighted by molar-refractivity contribution is 5.81. The first-order valence-corrected chi connectivity index (χ1v) is 5.07. The van der Waals surface area contributed by atoms with Crippen molar-refractivity contribution in [3.05, 3.63) is 0 Å². The van der Waals surface area contributed by atoms with E-state index < -0.39 is 5.91 Å². The number of carbonyl (C=O) groups excluding carboxylic acids is 2. The molecular weight excluding hydrogens is 198 g/mol. The van der Waals surface area contributed by atoms with E-state index in [4.69, 9.17) is 10.5 Å². The Balaban J connectivity index is 1.99. The maximum absolute atomic E-state index is 11.4. The van der Waals surface area contributed by atoms with Crippen LogP contribution in [0.5, 0.6) is 0 Å². The molecule has 86 valence electrons. The topological polar surface area (TPSA) is 93.5 Å². The summed E-state index contributed by atoms with van der Waals surface area (Å²) in [5.41, 5.74) is 4.87. The highest BCUT2D eigenvalue weighted by Gasteiger charge is 2.20. The number of rotatable bonds is 6. The van der Waals surface area contributed by atoms with Crippen LogP contribution in [-0.2, 0) is 14.3 Å². The van der Waals surface area contributed by atoms with E-state index in [2.05, 4.69) is 10.6 Å². The van der Waals surface area contributed by atoms with Gasteiger partial charge in [0.15, 0.2) is 0 Å². The number of hydrogen-bond acceptors (Lipinski definition) is 4. The first kappa shape index (κ1) is 11.9. The van der Waals surface area contributed by atoms with Crippen molar-refractivity contribution < 1.29 is 14.3 Å². The van der Waals surface area contributed by atoms with E-state index in [0.717, 1.165) is 19.4 Å². The summed E-state index contributed by atoms with van der Waals surface area (Å²) >= 11 is 0. The molecule has 0 saturated carbocycles. The first-order chi connectivity index (χ1) is 7.20. The van der Waals surface area contributed by atoms with Crippen molar-refractivity contribution >= 4 is 11.8 Å². The molecule has 0 aromatic carbocycles. The van der Waals surface area contributed by atoms with E-state index in [1.807, 2.05) is 0 Å². The van der Waals surface area contributed by atoms with Crippen LogP contribution in [0.1, 0.15) is 12.8 Å². The zero-order valence-corrected chi connectivity index (χ0v) is 8.62. The van der Waals surface area contributed by atoms with Crippen molar-refractivity contribution in [3.63, 3.8) is 0 Å². The van der Waals surface area contributed by atoms with Crippen LogP contribution in [0.15, 0.2) is 0 Å². The lowest BCUT2D eigenvalue weighted by atomic mass is 10.2. The van der Waals surface area contributed by atoms with E-state index >= 15 is 0 Å². The molecule has 1 rings (SSSR count). The predicted octanol–water partition coefficient (Wildman–Crippen LogP) is -1.64. The Bertz CT molecular complexity index is 227. The van der Waals surface area contributed by atoms with Crippen molar-refractivity contribution in [2.75, 3.05) is 26.3 Å². The summed E-state index contributed by atoms with van der Waals surface area (Å²) in [4.78, 5) is 21.7. The Morgan fingerprint density at radius 3 is 2.93 bits per heavy atom. The second kappa shape index (κ2) is 6.36. The van der Waals surface area contributed by atoms with Crippen molar-refractivity contribution in [3.8, 4) is 0 Å². The third-order valence-corrected chi connectivity index (χ3v) is 2.17. The van der Waals surface area contributed by atoms with E-state index in [1.54, 1.807) is 0 Å². The molecule has 15 heavy (non-hydrogen) atoms. The fraction of sp³-hybridized carbons (Fsp3) is 0.778. The fourth-order valence-corrected chi connectivity index (χ4v) is 1.45. The van der Waals surface area contributed by atoms with Gasteiger partial charge in [-0.15, -0.1) is 0 Å². The van der Waals surface area contributed by atoms with Gasteiger partial charge in [0, 0.05) is 6.54 Å². The molecule has 0 unspecified atom stereocenters. The third kappa shape index (κ3) is 4.75. The Morgan fingerprint density at radius 1 is 1.53 bits per heavy atom. The van der Waals surface area contributed by atoms with Crippen molar-refractivity contribution in [2.24, 2.45) is 5.73 Å². The molecule has 6 nitrogen and oxygen atoms in total. The lowest BCUT2D eigenvalue weighted by molar-refractivity contribution is -0.123. The molecule has 0 spiro atoms. The number of nitrogens with two attached hydrogens (primary N) is 1. The average molecular weight is 215 g/mol. The molecule has 1 heterocycles. The number of nitrogens with one attached hydrogen (secondary N) is 2.